The fraction of sp³-hybridized carbons (Fsp3) is 0.263. The Balaban J connectivity index is 2.10. The number of anilines is 1. The van der Waals surface area contributed by atoms with E-state index in [2.05, 4.69) is 43.0 Å². The molecular weight excluding hydrogens is 261 g/mol. The standard InChI is InChI=1S/C19H20FN/c1-3-14(2)21-13-12-15(16-8-4-6-10-18(16)20)17-9-5-7-11-19(17)21/h4-12,14H,3,13H2,1-2H3. The van der Waals surface area contributed by atoms with Crippen LogP contribution in [-0.4, -0.2) is 12.6 Å². The molecule has 2 heteroatoms. The van der Waals surface area contributed by atoms with E-state index in [0.29, 0.717) is 11.6 Å². The first-order chi connectivity index (χ1) is 10.2. The highest BCUT2D eigenvalue weighted by molar-refractivity contribution is 5.89. The van der Waals surface area contributed by atoms with Crippen molar-refractivity contribution in [3.63, 3.8) is 0 Å². The molecule has 0 aliphatic carbocycles. The quantitative estimate of drug-likeness (QED) is 0.775. The zero-order valence-corrected chi connectivity index (χ0v) is 12.5. The van der Waals surface area contributed by atoms with E-state index in [1.807, 2.05) is 18.2 Å². The monoisotopic (exact) mass is 281 g/mol. The third kappa shape index (κ3) is 2.46. The molecule has 21 heavy (non-hydrogen) atoms. The molecule has 1 atom stereocenters. The van der Waals surface area contributed by atoms with Crippen LogP contribution >= 0.6 is 0 Å². The third-order valence-corrected chi connectivity index (χ3v) is 4.28. The summed E-state index contributed by atoms with van der Waals surface area (Å²) in [6, 6.07) is 15.8. The molecule has 0 spiro atoms. The van der Waals surface area contributed by atoms with Gasteiger partial charge in [0.15, 0.2) is 0 Å². The molecule has 1 heterocycles. The van der Waals surface area contributed by atoms with E-state index < -0.39 is 0 Å². The lowest BCUT2D eigenvalue weighted by molar-refractivity contribution is 0.622. The van der Waals surface area contributed by atoms with E-state index in [1.54, 1.807) is 6.07 Å². The Morgan fingerprint density at radius 1 is 1.05 bits per heavy atom. The van der Waals surface area contributed by atoms with Crippen LogP contribution in [-0.2, 0) is 0 Å². The molecule has 1 nitrogen and oxygen atoms in total. The van der Waals surface area contributed by atoms with Crippen molar-refractivity contribution in [2.75, 3.05) is 11.4 Å². The number of para-hydroxylation sites is 1. The molecule has 0 bridgehead atoms. The topological polar surface area (TPSA) is 3.24 Å². The first kappa shape index (κ1) is 13.9. The maximum atomic E-state index is 14.1. The lowest BCUT2D eigenvalue weighted by atomic mass is 9.92. The Morgan fingerprint density at radius 3 is 2.43 bits per heavy atom. The molecule has 3 rings (SSSR count). The summed E-state index contributed by atoms with van der Waals surface area (Å²) in [5, 5.41) is 0. The van der Waals surface area contributed by atoms with Gasteiger partial charge in [0.2, 0.25) is 0 Å². The van der Waals surface area contributed by atoms with Crippen LogP contribution in [0.3, 0.4) is 0 Å². The highest BCUT2D eigenvalue weighted by Crippen LogP contribution is 2.37. The van der Waals surface area contributed by atoms with E-state index in [4.69, 9.17) is 0 Å². The molecule has 1 aliphatic rings. The molecule has 1 unspecified atom stereocenters. The molecule has 0 fully saturated rings. The van der Waals surface area contributed by atoms with Gasteiger partial charge in [-0.2, -0.15) is 0 Å². The largest absolute Gasteiger partial charge is 0.365 e. The second kappa shape index (κ2) is 5.72. The first-order valence-corrected chi connectivity index (χ1v) is 7.53. The summed E-state index contributed by atoms with van der Waals surface area (Å²) in [4.78, 5) is 2.39. The fourth-order valence-electron chi connectivity index (χ4n) is 2.92. The summed E-state index contributed by atoms with van der Waals surface area (Å²) in [7, 11) is 0. The normalized spacial score (nSPS) is 15.4. The predicted octanol–water partition coefficient (Wildman–Crippen LogP) is 4.88. The van der Waals surface area contributed by atoms with Crippen LogP contribution in [0.1, 0.15) is 31.4 Å². The van der Waals surface area contributed by atoms with Crippen molar-refractivity contribution in [1.82, 2.24) is 0 Å². The molecule has 1 aliphatic heterocycles. The van der Waals surface area contributed by atoms with Crippen molar-refractivity contribution in [2.24, 2.45) is 0 Å². The Bertz CT molecular complexity index is 675. The van der Waals surface area contributed by atoms with Gasteiger partial charge in [0.25, 0.3) is 0 Å². The van der Waals surface area contributed by atoms with Gasteiger partial charge < -0.3 is 4.90 Å². The number of nitrogens with zero attached hydrogens (tertiary/aromatic N) is 1. The molecule has 0 saturated carbocycles. The molecule has 2 aromatic rings. The van der Waals surface area contributed by atoms with Gasteiger partial charge in [0.05, 0.1) is 0 Å². The van der Waals surface area contributed by atoms with Crippen LogP contribution in [0.25, 0.3) is 5.57 Å². The minimum Gasteiger partial charge on any atom is -0.365 e. The van der Waals surface area contributed by atoms with Gasteiger partial charge in [-0.25, -0.2) is 4.39 Å². The number of fused-ring (bicyclic) bond motifs is 1. The highest BCUT2D eigenvalue weighted by Gasteiger charge is 2.23. The molecule has 0 saturated heterocycles. The maximum absolute atomic E-state index is 14.1. The van der Waals surface area contributed by atoms with Crippen LogP contribution < -0.4 is 4.90 Å². The minimum absolute atomic E-state index is 0.157. The van der Waals surface area contributed by atoms with Gasteiger partial charge in [0, 0.05) is 29.4 Å². The number of rotatable bonds is 3. The van der Waals surface area contributed by atoms with Crippen molar-refractivity contribution >= 4 is 11.3 Å². The van der Waals surface area contributed by atoms with Gasteiger partial charge in [-0.05, 0) is 31.1 Å². The molecule has 0 amide bonds. The van der Waals surface area contributed by atoms with Crippen molar-refractivity contribution in [1.29, 1.82) is 0 Å². The average Bonchev–Trinajstić information content (AvgIpc) is 2.54. The van der Waals surface area contributed by atoms with Gasteiger partial charge >= 0.3 is 0 Å². The second-order valence-electron chi connectivity index (χ2n) is 5.52. The van der Waals surface area contributed by atoms with Crippen LogP contribution in [0, 0.1) is 5.82 Å². The fourth-order valence-corrected chi connectivity index (χ4v) is 2.92. The van der Waals surface area contributed by atoms with Crippen molar-refractivity contribution in [3.05, 3.63) is 71.6 Å². The zero-order chi connectivity index (χ0) is 14.8. The van der Waals surface area contributed by atoms with Crippen molar-refractivity contribution in [2.45, 2.75) is 26.3 Å². The lowest BCUT2D eigenvalue weighted by Gasteiger charge is -2.35. The number of hydrogen-bond acceptors (Lipinski definition) is 1. The van der Waals surface area contributed by atoms with Gasteiger partial charge in [-0.1, -0.05) is 49.4 Å². The van der Waals surface area contributed by atoms with Gasteiger partial charge in [-0.3, -0.25) is 0 Å². The van der Waals surface area contributed by atoms with E-state index >= 15 is 0 Å². The minimum atomic E-state index is -0.157. The first-order valence-electron chi connectivity index (χ1n) is 7.53. The molecule has 0 N–H and O–H groups in total. The number of hydrogen-bond donors (Lipinski definition) is 0. The van der Waals surface area contributed by atoms with E-state index in [-0.39, 0.29) is 5.82 Å². The molecule has 0 aromatic heterocycles. The summed E-state index contributed by atoms with van der Waals surface area (Å²) in [5.74, 6) is -0.157. The van der Waals surface area contributed by atoms with Crippen LogP contribution in [0.4, 0.5) is 10.1 Å². The molecule has 0 radical (unpaired) electrons. The maximum Gasteiger partial charge on any atom is 0.131 e. The van der Waals surface area contributed by atoms with E-state index in [9.17, 15) is 4.39 Å². The Hall–Kier alpha value is -2.09. The highest BCUT2D eigenvalue weighted by atomic mass is 19.1. The summed E-state index contributed by atoms with van der Waals surface area (Å²) in [6.07, 6.45) is 3.24. The number of benzene rings is 2. The second-order valence-corrected chi connectivity index (χ2v) is 5.52. The Kier molecular flexibility index (Phi) is 3.78. The third-order valence-electron chi connectivity index (χ3n) is 4.28. The molecule has 2 aromatic carbocycles. The van der Waals surface area contributed by atoms with Crippen molar-refractivity contribution < 1.29 is 4.39 Å². The SMILES string of the molecule is CCC(C)N1CC=C(c2ccccc2F)c2ccccc21. The smallest absolute Gasteiger partial charge is 0.131 e. The summed E-state index contributed by atoms with van der Waals surface area (Å²) in [6.45, 7) is 5.26. The summed E-state index contributed by atoms with van der Waals surface area (Å²) in [5.41, 5.74) is 4.01. The molecular formula is C19H20FN. The predicted molar refractivity (Wildman–Crippen MR) is 87.0 cm³/mol. The van der Waals surface area contributed by atoms with Crippen LogP contribution in [0.2, 0.25) is 0 Å². The van der Waals surface area contributed by atoms with Crippen molar-refractivity contribution in [3.8, 4) is 0 Å². The van der Waals surface area contributed by atoms with Gasteiger partial charge in [0.1, 0.15) is 5.82 Å². The van der Waals surface area contributed by atoms with E-state index in [1.165, 1.54) is 11.8 Å². The Morgan fingerprint density at radius 2 is 1.71 bits per heavy atom. The van der Waals surface area contributed by atoms with E-state index in [0.717, 1.165) is 24.1 Å². The van der Waals surface area contributed by atoms with Crippen LogP contribution in [0.15, 0.2) is 54.6 Å². The Labute approximate surface area is 125 Å². The van der Waals surface area contributed by atoms with Gasteiger partial charge in [-0.15, -0.1) is 0 Å². The summed E-state index contributed by atoms with van der Waals surface area (Å²) >= 11 is 0. The van der Waals surface area contributed by atoms with Crippen LogP contribution in [0.5, 0.6) is 0 Å². The number of halogens is 1. The zero-order valence-electron chi connectivity index (χ0n) is 12.5. The average molecular weight is 281 g/mol. The lowest BCUT2D eigenvalue weighted by Crippen LogP contribution is -2.35. The summed E-state index contributed by atoms with van der Waals surface area (Å²) < 4.78 is 14.1. The molecule has 108 valence electrons.